The summed E-state index contributed by atoms with van der Waals surface area (Å²) in [5, 5.41) is 0. The molecule has 0 aliphatic heterocycles. The molecule has 0 aliphatic carbocycles. The normalized spacial score (nSPS) is 10.3. The smallest absolute Gasteiger partial charge is 0.148 e. The lowest BCUT2D eigenvalue weighted by Gasteiger charge is -2.11. The summed E-state index contributed by atoms with van der Waals surface area (Å²) in [5.74, 6) is 0.847. The van der Waals surface area contributed by atoms with E-state index in [1.807, 2.05) is 30.3 Å². The molecule has 0 bridgehead atoms. The van der Waals surface area contributed by atoms with Crippen molar-refractivity contribution in [3.05, 3.63) is 62.5 Å². The molecule has 0 radical (unpaired) electrons. The molecule has 0 amide bonds. The van der Waals surface area contributed by atoms with Crippen molar-refractivity contribution in [2.75, 3.05) is 0 Å². The Morgan fingerprint density at radius 2 is 1.59 bits per heavy atom. The molecule has 0 N–H and O–H groups in total. The van der Waals surface area contributed by atoms with Gasteiger partial charge in [0.1, 0.15) is 12.4 Å². The Kier molecular flexibility index (Phi) is 4.24. The largest absolute Gasteiger partial charge is 0.487 e. The summed E-state index contributed by atoms with van der Waals surface area (Å²) in [6, 6.07) is 14.2. The van der Waals surface area contributed by atoms with E-state index in [4.69, 9.17) is 4.74 Å². The molecule has 0 aliphatic rings. The van der Waals surface area contributed by atoms with Crippen LogP contribution in [-0.2, 0) is 6.61 Å². The molecule has 17 heavy (non-hydrogen) atoms. The maximum Gasteiger partial charge on any atom is 0.148 e. The van der Waals surface area contributed by atoms with E-state index in [1.165, 1.54) is 5.56 Å². The Balaban J connectivity index is 2.15. The van der Waals surface area contributed by atoms with Crippen LogP contribution in [0, 0.1) is 6.92 Å². The zero-order chi connectivity index (χ0) is 12.3. The molecular weight excluding hydrogens is 344 g/mol. The van der Waals surface area contributed by atoms with Crippen molar-refractivity contribution in [3.8, 4) is 5.75 Å². The van der Waals surface area contributed by atoms with Crippen LogP contribution in [0.5, 0.6) is 5.75 Å². The monoisotopic (exact) mass is 354 g/mol. The fourth-order valence-electron chi connectivity index (χ4n) is 1.55. The lowest BCUT2D eigenvalue weighted by atomic mass is 10.2. The van der Waals surface area contributed by atoms with Gasteiger partial charge in [-0.1, -0.05) is 30.3 Å². The molecule has 2 aromatic rings. The van der Waals surface area contributed by atoms with E-state index in [1.54, 1.807) is 0 Å². The van der Waals surface area contributed by atoms with Crippen molar-refractivity contribution < 1.29 is 4.74 Å². The van der Waals surface area contributed by atoms with Crippen molar-refractivity contribution in [2.24, 2.45) is 0 Å². The van der Waals surface area contributed by atoms with Crippen molar-refractivity contribution >= 4 is 31.9 Å². The van der Waals surface area contributed by atoms with Crippen LogP contribution in [0.25, 0.3) is 0 Å². The van der Waals surface area contributed by atoms with Gasteiger partial charge >= 0.3 is 0 Å². The minimum absolute atomic E-state index is 0.571. The number of halogens is 2. The standard InChI is InChI=1S/C14H12Br2O/c1-10-7-12(15)14(13(16)8-10)17-9-11-5-3-2-4-6-11/h2-8H,9H2,1H3. The van der Waals surface area contributed by atoms with E-state index in [2.05, 4.69) is 50.9 Å². The van der Waals surface area contributed by atoms with Gasteiger partial charge in [0.2, 0.25) is 0 Å². The highest BCUT2D eigenvalue weighted by molar-refractivity contribution is 9.11. The lowest BCUT2D eigenvalue weighted by Crippen LogP contribution is -1.96. The van der Waals surface area contributed by atoms with Gasteiger partial charge < -0.3 is 4.74 Å². The van der Waals surface area contributed by atoms with Gasteiger partial charge in [-0.25, -0.2) is 0 Å². The van der Waals surface area contributed by atoms with Crippen LogP contribution in [0.2, 0.25) is 0 Å². The van der Waals surface area contributed by atoms with Gasteiger partial charge in [0, 0.05) is 0 Å². The van der Waals surface area contributed by atoms with Gasteiger partial charge in [-0.05, 0) is 62.0 Å². The van der Waals surface area contributed by atoms with Crippen molar-refractivity contribution in [3.63, 3.8) is 0 Å². The van der Waals surface area contributed by atoms with Gasteiger partial charge in [0.25, 0.3) is 0 Å². The number of rotatable bonds is 3. The zero-order valence-corrected chi connectivity index (χ0v) is 12.6. The van der Waals surface area contributed by atoms with Crippen molar-refractivity contribution in [1.82, 2.24) is 0 Å². The molecule has 0 saturated heterocycles. The molecule has 3 heteroatoms. The number of hydrogen-bond donors (Lipinski definition) is 0. The van der Waals surface area contributed by atoms with E-state index in [0.717, 1.165) is 20.3 Å². The molecule has 0 unspecified atom stereocenters. The maximum absolute atomic E-state index is 5.81. The molecule has 0 fully saturated rings. The second kappa shape index (κ2) is 5.69. The molecule has 0 heterocycles. The summed E-state index contributed by atoms with van der Waals surface area (Å²) in [7, 11) is 0. The highest BCUT2D eigenvalue weighted by atomic mass is 79.9. The Morgan fingerprint density at radius 3 is 2.18 bits per heavy atom. The van der Waals surface area contributed by atoms with Crippen LogP contribution in [-0.4, -0.2) is 0 Å². The molecule has 88 valence electrons. The Morgan fingerprint density at radius 1 is 1.00 bits per heavy atom. The van der Waals surface area contributed by atoms with Crippen LogP contribution in [0.3, 0.4) is 0 Å². The molecule has 0 saturated carbocycles. The van der Waals surface area contributed by atoms with Crippen LogP contribution in [0.15, 0.2) is 51.4 Å². The average molecular weight is 356 g/mol. The lowest BCUT2D eigenvalue weighted by molar-refractivity contribution is 0.302. The fourth-order valence-corrected chi connectivity index (χ4v) is 3.20. The predicted octanol–water partition coefficient (Wildman–Crippen LogP) is 5.10. The first kappa shape index (κ1) is 12.7. The van der Waals surface area contributed by atoms with Crippen LogP contribution < -0.4 is 4.74 Å². The second-order valence-corrected chi connectivity index (χ2v) is 5.54. The molecule has 0 aromatic heterocycles. The summed E-state index contributed by atoms with van der Waals surface area (Å²) >= 11 is 7.03. The molecule has 1 nitrogen and oxygen atoms in total. The average Bonchev–Trinajstić information content (AvgIpc) is 2.29. The highest BCUT2D eigenvalue weighted by Gasteiger charge is 2.07. The van der Waals surface area contributed by atoms with Gasteiger partial charge in [0.15, 0.2) is 0 Å². The van der Waals surface area contributed by atoms with Crippen LogP contribution in [0.4, 0.5) is 0 Å². The molecule has 0 atom stereocenters. The van der Waals surface area contributed by atoms with Crippen LogP contribution in [0.1, 0.15) is 11.1 Å². The van der Waals surface area contributed by atoms with E-state index in [9.17, 15) is 0 Å². The topological polar surface area (TPSA) is 9.23 Å². The minimum Gasteiger partial charge on any atom is -0.487 e. The third kappa shape index (κ3) is 3.33. The Bertz CT molecular complexity index is 486. The quantitative estimate of drug-likeness (QED) is 0.744. The summed E-state index contributed by atoms with van der Waals surface area (Å²) in [6.45, 7) is 2.62. The van der Waals surface area contributed by atoms with E-state index >= 15 is 0 Å². The first-order chi connectivity index (χ1) is 8.16. The number of benzene rings is 2. The third-order valence-electron chi connectivity index (χ3n) is 2.37. The van der Waals surface area contributed by atoms with E-state index < -0.39 is 0 Å². The van der Waals surface area contributed by atoms with Gasteiger partial charge in [-0.2, -0.15) is 0 Å². The fraction of sp³-hybridized carbons (Fsp3) is 0.143. The van der Waals surface area contributed by atoms with Gasteiger partial charge in [-0.3, -0.25) is 0 Å². The Hall–Kier alpha value is -0.800. The molecular formula is C14H12Br2O. The van der Waals surface area contributed by atoms with Crippen LogP contribution >= 0.6 is 31.9 Å². The number of aryl methyl sites for hydroxylation is 1. The van der Waals surface area contributed by atoms with Gasteiger partial charge in [0.05, 0.1) is 8.95 Å². The van der Waals surface area contributed by atoms with E-state index in [-0.39, 0.29) is 0 Å². The summed E-state index contributed by atoms with van der Waals surface area (Å²) in [4.78, 5) is 0. The summed E-state index contributed by atoms with van der Waals surface area (Å²) in [6.07, 6.45) is 0. The highest BCUT2D eigenvalue weighted by Crippen LogP contribution is 2.35. The maximum atomic E-state index is 5.81. The molecule has 0 spiro atoms. The third-order valence-corrected chi connectivity index (χ3v) is 3.55. The first-order valence-corrected chi connectivity index (χ1v) is 6.88. The predicted molar refractivity (Wildman–Crippen MR) is 77.4 cm³/mol. The number of ether oxygens (including phenoxy) is 1. The first-order valence-electron chi connectivity index (χ1n) is 5.29. The SMILES string of the molecule is Cc1cc(Br)c(OCc2ccccc2)c(Br)c1. The second-order valence-electron chi connectivity index (χ2n) is 3.83. The van der Waals surface area contributed by atoms with Crippen molar-refractivity contribution in [1.29, 1.82) is 0 Å². The zero-order valence-electron chi connectivity index (χ0n) is 9.41. The minimum atomic E-state index is 0.571. The number of hydrogen-bond acceptors (Lipinski definition) is 1. The van der Waals surface area contributed by atoms with Crippen molar-refractivity contribution in [2.45, 2.75) is 13.5 Å². The van der Waals surface area contributed by atoms with Gasteiger partial charge in [-0.15, -0.1) is 0 Å². The molecule has 2 aromatic carbocycles. The Labute approximate surface area is 118 Å². The summed E-state index contributed by atoms with van der Waals surface area (Å²) in [5.41, 5.74) is 2.35. The summed E-state index contributed by atoms with van der Waals surface area (Å²) < 4.78 is 7.76. The molecule has 2 rings (SSSR count). The van der Waals surface area contributed by atoms with E-state index in [0.29, 0.717) is 6.61 Å².